The number of carboxylic acid groups (broad SMARTS) is 1. The molecule has 1 amide bonds. The Morgan fingerprint density at radius 1 is 1.05 bits per heavy atom. The van der Waals surface area contributed by atoms with Crippen molar-refractivity contribution < 1.29 is 19.8 Å². The summed E-state index contributed by atoms with van der Waals surface area (Å²) in [4.78, 5) is 34.5. The standard InChI is InChI=1S/C32H31N3O4/c36-29(30(37)38)28-20-32(17-19-34(28)21-24-10-6-7-18-33-24)26-11-4-5-12-27(26)35(31(32)39)25-15-13-23(14-16-25)22-8-2-1-3-9-22/h1-8,10-16,18,22,28-29,36H,9,17,19-21H2,(H,37,38). The summed E-state index contributed by atoms with van der Waals surface area (Å²) in [6.07, 6.45) is 10.2. The van der Waals surface area contributed by atoms with Crippen LogP contribution in [0.2, 0.25) is 0 Å². The molecule has 1 spiro atoms. The third-order valence-corrected chi connectivity index (χ3v) is 8.39. The lowest BCUT2D eigenvalue weighted by molar-refractivity contribution is -0.153. The third kappa shape index (κ3) is 4.47. The van der Waals surface area contributed by atoms with E-state index in [0.717, 1.165) is 29.1 Å². The van der Waals surface area contributed by atoms with Crippen LogP contribution >= 0.6 is 0 Å². The molecule has 4 atom stereocenters. The lowest BCUT2D eigenvalue weighted by Gasteiger charge is -2.45. The SMILES string of the molecule is O=C(O)C(O)C1CC2(CCN1Cc1ccccn1)C(=O)N(c1ccc(C3C=CC=CC3)cc1)c1ccccc12. The molecule has 2 N–H and O–H groups in total. The van der Waals surface area contributed by atoms with E-state index in [9.17, 15) is 19.8 Å². The van der Waals surface area contributed by atoms with Crippen molar-refractivity contribution in [3.05, 3.63) is 114 Å². The van der Waals surface area contributed by atoms with Crippen molar-refractivity contribution in [1.29, 1.82) is 0 Å². The Balaban J connectivity index is 1.34. The fourth-order valence-corrected chi connectivity index (χ4v) is 6.37. The predicted octanol–water partition coefficient (Wildman–Crippen LogP) is 4.71. The van der Waals surface area contributed by atoms with E-state index in [-0.39, 0.29) is 12.3 Å². The second-order valence-electron chi connectivity index (χ2n) is 10.6. The number of hydrogen-bond donors (Lipinski definition) is 2. The highest BCUT2D eigenvalue weighted by atomic mass is 16.4. The lowest BCUT2D eigenvalue weighted by atomic mass is 9.70. The zero-order valence-corrected chi connectivity index (χ0v) is 21.6. The average Bonchev–Trinajstić information content (AvgIpc) is 3.21. The smallest absolute Gasteiger partial charge is 0.334 e. The molecule has 1 aliphatic carbocycles. The summed E-state index contributed by atoms with van der Waals surface area (Å²) in [5.41, 5.74) is 3.56. The first-order valence-electron chi connectivity index (χ1n) is 13.4. The van der Waals surface area contributed by atoms with Crippen LogP contribution in [0.4, 0.5) is 11.4 Å². The van der Waals surface area contributed by atoms with Crippen LogP contribution in [-0.2, 0) is 21.5 Å². The minimum Gasteiger partial charge on any atom is -0.479 e. The molecule has 3 aromatic rings. The number of aliphatic hydroxyl groups excluding tert-OH is 1. The van der Waals surface area contributed by atoms with Crippen molar-refractivity contribution in [3.8, 4) is 0 Å². The number of pyridine rings is 1. The molecule has 0 bridgehead atoms. The summed E-state index contributed by atoms with van der Waals surface area (Å²) in [5.74, 6) is -1.04. The number of rotatable bonds is 6. The first-order chi connectivity index (χ1) is 19.0. The molecule has 2 aliphatic heterocycles. The molecule has 3 aliphatic rings. The topological polar surface area (TPSA) is 94.0 Å². The molecule has 7 heteroatoms. The van der Waals surface area contributed by atoms with Crippen LogP contribution in [0, 0.1) is 0 Å². The summed E-state index contributed by atoms with van der Waals surface area (Å²) in [6, 6.07) is 20.8. The van der Waals surface area contributed by atoms with E-state index >= 15 is 0 Å². The number of aliphatic hydroxyl groups is 1. The molecule has 1 fully saturated rings. The van der Waals surface area contributed by atoms with Gasteiger partial charge in [0.15, 0.2) is 6.10 Å². The molecule has 0 radical (unpaired) electrons. The Hall–Kier alpha value is -4.07. The summed E-state index contributed by atoms with van der Waals surface area (Å²) in [7, 11) is 0. The number of benzene rings is 2. The average molecular weight is 522 g/mol. The molecule has 1 saturated heterocycles. The van der Waals surface area contributed by atoms with Gasteiger partial charge in [0, 0.05) is 36.9 Å². The molecule has 3 heterocycles. The van der Waals surface area contributed by atoms with Gasteiger partial charge >= 0.3 is 5.97 Å². The number of amides is 1. The summed E-state index contributed by atoms with van der Waals surface area (Å²) < 4.78 is 0. The molecule has 2 aromatic carbocycles. The van der Waals surface area contributed by atoms with Gasteiger partial charge < -0.3 is 10.2 Å². The van der Waals surface area contributed by atoms with Gasteiger partial charge in [0.1, 0.15) is 0 Å². The van der Waals surface area contributed by atoms with Gasteiger partial charge in [-0.05, 0) is 60.7 Å². The van der Waals surface area contributed by atoms with Crippen molar-refractivity contribution in [1.82, 2.24) is 9.88 Å². The number of para-hydroxylation sites is 1. The largest absolute Gasteiger partial charge is 0.479 e. The number of piperidine rings is 1. The van der Waals surface area contributed by atoms with Crippen LogP contribution in [0.25, 0.3) is 0 Å². The summed E-state index contributed by atoms with van der Waals surface area (Å²) >= 11 is 0. The highest BCUT2D eigenvalue weighted by Gasteiger charge is 2.56. The number of carbonyl (C=O) groups excluding carboxylic acids is 1. The van der Waals surface area contributed by atoms with Gasteiger partial charge in [-0.1, -0.05) is 60.7 Å². The Morgan fingerprint density at radius 3 is 2.56 bits per heavy atom. The van der Waals surface area contributed by atoms with Crippen LogP contribution in [0.15, 0.2) is 97.2 Å². The van der Waals surface area contributed by atoms with Gasteiger partial charge in [-0.3, -0.25) is 19.6 Å². The minimum absolute atomic E-state index is 0.0722. The Labute approximate surface area is 227 Å². The normalized spacial score (nSPS) is 25.2. The number of carbonyl (C=O) groups is 2. The minimum atomic E-state index is -1.63. The molecule has 4 unspecified atom stereocenters. The Bertz CT molecular complexity index is 1440. The van der Waals surface area contributed by atoms with Crippen molar-refractivity contribution >= 4 is 23.3 Å². The number of likely N-dealkylation sites (tertiary alicyclic amines) is 1. The molecular weight excluding hydrogens is 490 g/mol. The highest BCUT2D eigenvalue weighted by Crippen LogP contribution is 2.52. The molecule has 7 nitrogen and oxygen atoms in total. The Kier molecular flexibility index (Phi) is 6.62. The molecule has 198 valence electrons. The maximum absolute atomic E-state index is 14.4. The van der Waals surface area contributed by atoms with Crippen molar-refractivity contribution in [2.24, 2.45) is 0 Å². The summed E-state index contributed by atoms with van der Waals surface area (Å²) in [5, 5.41) is 20.6. The number of aromatic nitrogens is 1. The van der Waals surface area contributed by atoms with E-state index in [2.05, 4.69) is 41.4 Å². The van der Waals surface area contributed by atoms with Crippen molar-refractivity contribution in [2.45, 2.75) is 49.3 Å². The van der Waals surface area contributed by atoms with Crippen molar-refractivity contribution in [3.63, 3.8) is 0 Å². The van der Waals surface area contributed by atoms with Crippen LogP contribution in [0.5, 0.6) is 0 Å². The van der Waals surface area contributed by atoms with Crippen molar-refractivity contribution in [2.75, 3.05) is 11.4 Å². The van der Waals surface area contributed by atoms with Gasteiger partial charge in [0.25, 0.3) is 0 Å². The van der Waals surface area contributed by atoms with Gasteiger partial charge in [0.05, 0.1) is 16.8 Å². The van der Waals surface area contributed by atoms with Gasteiger partial charge in [-0.15, -0.1) is 0 Å². The second kappa shape index (κ2) is 10.2. The van der Waals surface area contributed by atoms with E-state index in [1.54, 1.807) is 11.1 Å². The van der Waals surface area contributed by atoms with E-state index in [1.807, 2.05) is 59.5 Å². The zero-order chi connectivity index (χ0) is 27.0. The van der Waals surface area contributed by atoms with Gasteiger partial charge in [0.2, 0.25) is 5.91 Å². The Morgan fingerprint density at radius 2 is 1.85 bits per heavy atom. The quantitative estimate of drug-likeness (QED) is 0.488. The van der Waals surface area contributed by atoms with Gasteiger partial charge in [-0.2, -0.15) is 0 Å². The third-order valence-electron chi connectivity index (χ3n) is 8.39. The number of hydrogen-bond acceptors (Lipinski definition) is 5. The summed E-state index contributed by atoms with van der Waals surface area (Å²) in [6.45, 7) is 0.859. The predicted molar refractivity (Wildman–Crippen MR) is 149 cm³/mol. The molecule has 0 saturated carbocycles. The van der Waals surface area contributed by atoms with E-state index in [0.29, 0.717) is 25.4 Å². The lowest BCUT2D eigenvalue weighted by Crippen LogP contribution is -2.57. The molecule has 1 aromatic heterocycles. The molecular formula is C32H31N3O4. The first kappa shape index (κ1) is 25.2. The van der Waals surface area contributed by atoms with Crippen LogP contribution in [0.1, 0.15) is 42.0 Å². The number of nitrogens with zero attached hydrogens (tertiary/aromatic N) is 3. The molecule has 6 rings (SSSR count). The molecule has 39 heavy (non-hydrogen) atoms. The zero-order valence-electron chi connectivity index (χ0n) is 21.6. The van der Waals surface area contributed by atoms with E-state index < -0.39 is 23.5 Å². The first-order valence-corrected chi connectivity index (χ1v) is 13.4. The van der Waals surface area contributed by atoms with Crippen LogP contribution < -0.4 is 4.90 Å². The van der Waals surface area contributed by atoms with Crippen LogP contribution in [0.3, 0.4) is 0 Å². The maximum atomic E-state index is 14.4. The highest BCUT2D eigenvalue weighted by molar-refractivity contribution is 6.13. The maximum Gasteiger partial charge on any atom is 0.334 e. The monoisotopic (exact) mass is 521 g/mol. The number of anilines is 2. The fraction of sp³-hybridized carbons (Fsp3) is 0.281. The fourth-order valence-electron chi connectivity index (χ4n) is 6.37. The number of aliphatic carboxylic acids is 1. The van der Waals surface area contributed by atoms with Gasteiger partial charge in [-0.25, -0.2) is 4.79 Å². The van der Waals surface area contributed by atoms with Crippen LogP contribution in [-0.4, -0.2) is 50.7 Å². The number of allylic oxidation sites excluding steroid dienone is 4. The van der Waals surface area contributed by atoms with E-state index in [4.69, 9.17) is 0 Å². The number of fused-ring (bicyclic) bond motifs is 2. The number of carboxylic acids is 1. The van der Waals surface area contributed by atoms with E-state index in [1.165, 1.54) is 5.56 Å². The second-order valence-corrected chi connectivity index (χ2v) is 10.6.